The van der Waals surface area contributed by atoms with Gasteiger partial charge in [-0.05, 0) is 37.4 Å². The first-order chi connectivity index (χ1) is 13.2. The molecule has 0 N–H and O–H groups in total. The highest BCUT2D eigenvalue weighted by atomic mass is 16.5. The number of rotatable bonds is 6. The average Bonchev–Trinajstić information content (AvgIpc) is 3.09. The Bertz CT molecular complexity index is 1040. The van der Waals surface area contributed by atoms with E-state index in [1.54, 1.807) is 0 Å². The largest absolute Gasteiger partial charge is 0.487 e. The normalized spacial score (nSPS) is 11.2. The molecule has 4 aromatic rings. The molecule has 0 bridgehead atoms. The zero-order valence-corrected chi connectivity index (χ0v) is 15.5. The Morgan fingerprint density at radius 3 is 2.56 bits per heavy atom. The molecule has 0 aliphatic carbocycles. The number of hydrogen-bond acceptors (Lipinski definition) is 4. The second-order valence-electron chi connectivity index (χ2n) is 6.78. The van der Waals surface area contributed by atoms with Gasteiger partial charge in [0, 0.05) is 30.7 Å². The first-order valence-electron chi connectivity index (χ1n) is 8.93. The Morgan fingerprint density at radius 2 is 1.74 bits per heavy atom. The predicted octanol–water partition coefficient (Wildman–Crippen LogP) is 4.04. The van der Waals surface area contributed by atoms with Gasteiger partial charge in [-0.25, -0.2) is 9.97 Å². The van der Waals surface area contributed by atoms with Gasteiger partial charge in [-0.2, -0.15) is 0 Å². The van der Waals surface area contributed by atoms with Crippen molar-refractivity contribution >= 4 is 5.78 Å². The average molecular weight is 358 g/mol. The molecule has 5 heteroatoms. The quantitative estimate of drug-likeness (QED) is 0.522. The highest BCUT2D eigenvalue weighted by Gasteiger charge is 2.09. The lowest BCUT2D eigenvalue weighted by Gasteiger charge is -2.14. The van der Waals surface area contributed by atoms with Gasteiger partial charge in [0.15, 0.2) is 0 Å². The maximum Gasteiger partial charge on any atom is 0.234 e. The van der Waals surface area contributed by atoms with Crippen molar-refractivity contribution in [2.75, 3.05) is 14.1 Å². The van der Waals surface area contributed by atoms with Crippen LogP contribution in [0, 0.1) is 0 Å². The molecule has 0 aliphatic heterocycles. The Balaban J connectivity index is 1.60. The molecule has 27 heavy (non-hydrogen) atoms. The van der Waals surface area contributed by atoms with Crippen LogP contribution < -0.4 is 4.74 Å². The second kappa shape index (κ2) is 7.60. The van der Waals surface area contributed by atoms with Gasteiger partial charge in [-0.15, -0.1) is 0 Å². The van der Waals surface area contributed by atoms with E-state index in [9.17, 15) is 0 Å². The highest BCUT2D eigenvalue weighted by molar-refractivity contribution is 5.66. The molecule has 2 heterocycles. The van der Waals surface area contributed by atoms with Gasteiger partial charge in [-0.3, -0.25) is 4.40 Å². The van der Waals surface area contributed by atoms with Crippen LogP contribution in [0.25, 0.3) is 16.9 Å². The summed E-state index contributed by atoms with van der Waals surface area (Å²) in [4.78, 5) is 11.3. The minimum absolute atomic E-state index is 0.417. The number of para-hydroxylation sites is 1. The molecule has 0 aliphatic rings. The Hall–Kier alpha value is -3.18. The zero-order chi connectivity index (χ0) is 18.6. The Labute approximate surface area is 158 Å². The Morgan fingerprint density at radius 1 is 0.963 bits per heavy atom. The fourth-order valence-corrected chi connectivity index (χ4v) is 3.10. The third-order valence-electron chi connectivity index (χ3n) is 4.30. The van der Waals surface area contributed by atoms with Crippen LogP contribution in [0.1, 0.15) is 11.3 Å². The van der Waals surface area contributed by atoms with Crippen molar-refractivity contribution in [2.45, 2.75) is 13.2 Å². The second-order valence-corrected chi connectivity index (χ2v) is 6.78. The van der Waals surface area contributed by atoms with Crippen LogP contribution in [0.2, 0.25) is 0 Å². The highest BCUT2D eigenvalue weighted by Crippen LogP contribution is 2.24. The van der Waals surface area contributed by atoms with Gasteiger partial charge >= 0.3 is 0 Å². The fraction of sp³-hybridized carbons (Fsp3) is 0.182. The first kappa shape index (κ1) is 17.2. The van der Waals surface area contributed by atoms with Crippen LogP contribution in [-0.2, 0) is 13.2 Å². The molecule has 0 unspecified atom stereocenters. The smallest absolute Gasteiger partial charge is 0.234 e. The van der Waals surface area contributed by atoms with Crippen LogP contribution in [0.4, 0.5) is 0 Å². The molecular formula is C22H22N4O. The number of benzene rings is 2. The van der Waals surface area contributed by atoms with Crippen molar-refractivity contribution in [2.24, 2.45) is 0 Å². The van der Waals surface area contributed by atoms with Crippen LogP contribution in [0.5, 0.6) is 5.75 Å². The van der Waals surface area contributed by atoms with Gasteiger partial charge in [0.25, 0.3) is 0 Å². The molecular weight excluding hydrogens is 336 g/mol. The van der Waals surface area contributed by atoms with E-state index in [1.807, 2.05) is 47.1 Å². The maximum atomic E-state index is 5.79. The summed E-state index contributed by atoms with van der Waals surface area (Å²) < 4.78 is 7.75. The summed E-state index contributed by atoms with van der Waals surface area (Å²) >= 11 is 0. The van der Waals surface area contributed by atoms with E-state index < -0.39 is 0 Å². The van der Waals surface area contributed by atoms with Gasteiger partial charge < -0.3 is 9.64 Å². The molecule has 0 radical (unpaired) electrons. The van der Waals surface area contributed by atoms with Crippen molar-refractivity contribution in [1.29, 1.82) is 0 Å². The molecule has 0 fully saturated rings. The van der Waals surface area contributed by atoms with Crippen molar-refractivity contribution in [3.05, 3.63) is 84.4 Å². The minimum atomic E-state index is 0.417. The van der Waals surface area contributed by atoms with E-state index in [0.717, 1.165) is 23.6 Å². The third-order valence-corrected chi connectivity index (χ3v) is 4.30. The molecule has 2 aromatic carbocycles. The number of hydrogen-bond donors (Lipinski definition) is 0. The summed E-state index contributed by atoms with van der Waals surface area (Å²) in [5, 5.41) is 0. The van der Waals surface area contributed by atoms with Crippen molar-refractivity contribution in [3.8, 4) is 16.9 Å². The van der Waals surface area contributed by atoms with E-state index in [0.29, 0.717) is 12.4 Å². The number of ether oxygens (including phenoxy) is 1. The molecule has 136 valence electrons. The predicted molar refractivity (Wildman–Crippen MR) is 107 cm³/mol. The van der Waals surface area contributed by atoms with E-state index in [-0.39, 0.29) is 0 Å². The number of fused-ring (bicyclic) bond motifs is 1. The van der Waals surface area contributed by atoms with E-state index >= 15 is 0 Å². The maximum absolute atomic E-state index is 5.79. The Kier molecular flexibility index (Phi) is 4.85. The van der Waals surface area contributed by atoms with Crippen LogP contribution in [0.15, 0.2) is 73.2 Å². The van der Waals surface area contributed by atoms with Gasteiger partial charge in [0.1, 0.15) is 12.4 Å². The number of imidazole rings is 1. The monoisotopic (exact) mass is 358 g/mol. The zero-order valence-electron chi connectivity index (χ0n) is 15.5. The first-order valence-corrected chi connectivity index (χ1v) is 8.93. The summed E-state index contributed by atoms with van der Waals surface area (Å²) in [6.07, 6.45) is 5.94. The molecule has 5 nitrogen and oxygen atoms in total. The topological polar surface area (TPSA) is 42.7 Å². The van der Waals surface area contributed by atoms with Crippen LogP contribution in [-0.4, -0.2) is 33.4 Å². The van der Waals surface area contributed by atoms with Crippen LogP contribution in [0.3, 0.4) is 0 Å². The lowest BCUT2D eigenvalue weighted by atomic mass is 10.0. The lowest BCUT2D eigenvalue weighted by molar-refractivity contribution is 0.302. The number of nitrogens with zero attached hydrogens (tertiary/aromatic N) is 4. The summed E-state index contributed by atoms with van der Waals surface area (Å²) in [7, 11) is 4.15. The van der Waals surface area contributed by atoms with Crippen molar-refractivity contribution in [3.63, 3.8) is 0 Å². The molecule has 0 atom stereocenters. The minimum Gasteiger partial charge on any atom is -0.487 e. The van der Waals surface area contributed by atoms with E-state index in [2.05, 4.69) is 59.4 Å². The summed E-state index contributed by atoms with van der Waals surface area (Å²) in [5.41, 5.74) is 4.39. The standard InChI is InChI=1S/C22H22N4O/c1-25(2)13-17-8-6-7-11-21(17)18-12-23-22-24-19(15-26(22)14-18)16-27-20-9-4-3-5-10-20/h3-12,14-15H,13,16H2,1-2H3. The van der Waals surface area contributed by atoms with E-state index in [1.165, 1.54) is 11.1 Å². The van der Waals surface area contributed by atoms with Gasteiger partial charge in [0.05, 0.1) is 5.69 Å². The summed E-state index contributed by atoms with van der Waals surface area (Å²) in [6.45, 7) is 1.30. The molecule has 4 rings (SSSR count). The van der Waals surface area contributed by atoms with E-state index in [4.69, 9.17) is 4.74 Å². The molecule has 0 spiro atoms. The molecule has 0 saturated carbocycles. The lowest BCUT2D eigenvalue weighted by Crippen LogP contribution is -2.11. The molecule has 0 saturated heterocycles. The third kappa shape index (κ3) is 3.99. The summed E-state index contributed by atoms with van der Waals surface area (Å²) in [5.74, 6) is 1.51. The SMILES string of the molecule is CN(C)Cc1ccccc1-c1cnc2nc(COc3ccccc3)cn2c1. The van der Waals surface area contributed by atoms with Crippen molar-refractivity contribution < 1.29 is 4.74 Å². The van der Waals surface area contributed by atoms with Gasteiger partial charge in [0.2, 0.25) is 5.78 Å². The van der Waals surface area contributed by atoms with Gasteiger partial charge in [-0.1, -0.05) is 42.5 Å². The van der Waals surface area contributed by atoms with Crippen LogP contribution >= 0.6 is 0 Å². The molecule has 2 aromatic heterocycles. The van der Waals surface area contributed by atoms with Crippen molar-refractivity contribution in [1.82, 2.24) is 19.3 Å². The summed E-state index contributed by atoms with van der Waals surface area (Å²) in [6, 6.07) is 18.2. The fourth-order valence-electron chi connectivity index (χ4n) is 3.10. The molecule has 0 amide bonds. The number of aromatic nitrogens is 3.